The predicted octanol–water partition coefficient (Wildman–Crippen LogP) is -0.435. The van der Waals surface area contributed by atoms with Crippen LogP contribution in [0, 0.1) is 5.92 Å². The van der Waals surface area contributed by atoms with E-state index in [-0.39, 0.29) is 24.4 Å². The molecule has 9 atom stereocenters. The van der Waals surface area contributed by atoms with E-state index >= 15 is 0 Å². The van der Waals surface area contributed by atoms with Crippen molar-refractivity contribution in [1.82, 2.24) is 10.2 Å². The van der Waals surface area contributed by atoms with E-state index in [9.17, 15) is 25.2 Å². The number of rotatable bonds is 7. The van der Waals surface area contributed by atoms with Crippen molar-refractivity contribution in [2.75, 3.05) is 19.8 Å². The van der Waals surface area contributed by atoms with Crippen molar-refractivity contribution in [3.63, 3.8) is 0 Å². The van der Waals surface area contributed by atoms with Gasteiger partial charge in [-0.25, -0.2) is 0 Å². The van der Waals surface area contributed by atoms with Crippen molar-refractivity contribution in [2.24, 2.45) is 5.92 Å². The number of hydrogen-bond acceptors (Lipinski definition) is 8. The molecule has 28 heavy (non-hydrogen) atoms. The number of aliphatic hydroxyl groups is 4. The molecule has 0 aliphatic carbocycles. The van der Waals surface area contributed by atoms with Crippen molar-refractivity contribution in [3.05, 3.63) is 0 Å². The Labute approximate surface area is 177 Å². The summed E-state index contributed by atoms with van der Waals surface area (Å²) in [7, 11) is 1.91. The summed E-state index contributed by atoms with van der Waals surface area (Å²) in [6.07, 6.45) is -1.50. The standard InChI is InChI=1S/C18H34N2O6S.ClH/c1-5-6-10-7-11(20(3)8-10)17(25)19-12(9(2)21)16-14(23)13(22)15(24)18(26-16)27-4;/h9-16,18,21-24H,5-8H2,1-4H3,(H,19,25);1H/t9?,10-,11+,12?,13+,14-,15-,16-,18-;/m1./s1. The monoisotopic (exact) mass is 442 g/mol. The predicted molar refractivity (Wildman–Crippen MR) is 110 cm³/mol. The first-order chi connectivity index (χ1) is 12.7. The van der Waals surface area contributed by atoms with Crippen LogP contribution in [0.2, 0.25) is 0 Å². The summed E-state index contributed by atoms with van der Waals surface area (Å²) >= 11 is 1.20. The van der Waals surface area contributed by atoms with Gasteiger partial charge in [0.25, 0.3) is 0 Å². The number of nitrogens with one attached hydrogen (secondary N) is 1. The minimum atomic E-state index is -1.42. The van der Waals surface area contributed by atoms with Crippen LogP contribution in [0.3, 0.4) is 0 Å². The second kappa shape index (κ2) is 11.3. The van der Waals surface area contributed by atoms with Crippen molar-refractivity contribution in [3.8, 4) is 0 Å². The highest BCUT2D eigenvalue weighted by molar-refractivity contribution is 7.99. The molecule has 2 aliphatic rings. The second-order valence-electron chi connectivity index (χ2n) is 7.80. The summed E-state index contributed by atoms with van der Waals surface area (Å²) in [5.74, 6) is 0.245. The maximum absolute atomic E-state index is 12.8. The number of carbonyl (C=O) groups excluding carboxylic acids is 1. The topological polar surface area (TPSA) is 122 Å². The SMILES string of the molecule is CCC[C@@H]1C[C@@H](C(=O)NC(C(C)O)[C@H]2O[C@H](SC)[C@H](O)[C@@H](O)[C@H]2O)N(C)C1.Cl. The zero-order valence-corrected chi connectivity index (χ0v) is 18.5. The molecular weight excluding hydrogens is 408 g/mol. The zero-order valence-electron chi connectivity index (χ0n) is 16.9. The van der Waals surface area contributed by atoms with Crippen LogP contribution in [0.4, 0.5) is 0 Å². The Morgan fingerprint density at radius 1 is 1.29 bits per heavy atom. The van der Waals surface area contributed by atoms with Gasteiger partial charge in [0.15, 0.2) is 0 Å². The highest BCUT2D eigenvalue weighted by atomic mass is 35.5. The quantitative estimate of drug-likeness (QED) is 0.360. The molecule has 0 radical (unpaired) electrons. The summed E-state index contributed by atoms with van der Waals surface area (Å²) in [4.78, 5) is 14.9. The number of halogens is 1. The summed E-state index contributed by atoms with van der Waals surface area (Å²) < 4.78 is 5.72. The van der Waals surface area contributed by atoms with Gasteiger partial charge in [0.05, 0.1) is 18.2 Å². The molecule has 0 saturated carbocycles. The Morgan fingerprint density at radius 2 is 1.93 bits per heavy atom. The summed E-state index contributed by atoms with van der Waals surface area (Å²) in [5, 5.41) is 43.5. The first kappa shape index (κ1) is 25.9. The van der Waals surface area contributed by atoms with Gasteiger partial charge in [-0.3, -0.25) is 9.69 Å². The van der Waals surface area contributed by atoms with Crippen molar-refractivity contribution < 1.29 is 30.0 Å². The highest BCUT2D eigenvalue weighted by Gasteiger charge is 2.48. The summed E-state index contributed by atoms with van der Waals surface area (Å²) in [6.45, 7) is 4.48. The fourth-order valence-corrected chi connectivity index (χ4v) is 4.81. The van der Waals surface area contributed by atoms with E-state index in [1.807, 2.05) is 11.9 Å². The van der Waals surface area contributed by atoms with Crippen molar-refractivity contribution >= 4 is 30.1 Å². The first-order valence-corrected chi connectivity index (χ1v) is 10.9. The van der Waals surface area contributed by atoms with E-state index in [2.05, 4.69) is 12.2 Å². The minimum Gasteiger partial charge on any atom is -0.391 e. The van der Waals surface area contributed by atoms with Gasteiger partial charge in [0, 0.05) is 6.54 Å². The van der Waals surface area contributed by atoms with Crippen LogP contribution in [-0.2, 0) is 9.53 Å². The molecule has 166 valence electrons. The van der Waals surface area contributed by atoms with Gasteiger partial charge in [0.1, 0.15) is 29.9 Å². The van der Waals surface area contributed by atoms with Crippen LogP contribution in [0.15, 0.2) is 0 Å². The van der Waals surface area contributed by atoms with Gasteiger partial charge in [-0.2, -0.15) is 0 Å². The Bertz CT molecular complexity index is 501. The smallest absolute Gasteiger partial charge is 0.237 e. The zero-order chi connectivity index (χ0) is 20.3. The third-order valence-electron chi connectivity index (χ3n) is 5.66. The average Bonchev–Trinajstić information content (AvgIpc) is 2.99. The number of ether oxygens (including phenoxy) is 1. The van der Waals surface area contributed by atoms with E-state index < -0.39 is 42.0 Å². The highest BCUT2D eigenvalue weighted by Crippen LogP contribution is 2.30. The third-order valence-corrected chi connectivity index (χ3v) is 6.51. The summed E-state index contributed by atoms with van der Waals surface area (Å²) in [6, 6.07) is -1.20. The largest absolute Gasteiger partial charge is 0.391 e. The van der Waals surface area contributed by atoms with Crippen molar-refractivity contribution in [2.45, 2.75) is 81.1 Å². The number of likely N-dealkylation sites (tertiary alicyclic amines) is 1. The molecule has 2 rings (SSSR count). The Kier molecular flexibility index (Phi) is 10.5. The summed E-state index contributed by atoms with van der Waals surface area (Å²) in [5.41, 5.74) is -0.755. The van der Waals surface area contributed by atoms with E-state index in [0.717, 1.165) is 25.8 Å². The van der Waals surface area contributed by atoms with Gasteiger partial charge in [-0.05, 0) is 39.0 Å². The molecule has 10 heteroatoms. The maximum atomic E-state index is 12.8. The molecule has 8 nitrogen and oxygen atoms in total. The van der Waals surface area contributed by atoms with Crippen LogP contribution in [0.25, 0.3) is 0 Å². The van der Waals surface area contributed by atoms with Gasteiger partial charge < -0.3 is 30.5 Å². The Balaban J connectivity index is 0.00000392. The number of carbonyl (C=O) groups is 1. The lowest BCUT2D eigenvalue weighted by atomic mass is 9.92. The number of amides is 1. The fraction of sp³-hybridized carbons (Fsp3) is 0.944. The van der Waals surface area contributed by atoms with E-state index in [0.29, 0.717) is 5.92 Å². The molecule has 1 amide bonds. The molecule has 2 fully saturated rings. The normalized spacial score (nSPS) is 38.5. The van der Waals surface area contributed by atoms with Crippen LogP contribution < -0.4 is 5.32 Å². The number of aliphatic hydroxyl groups excluding tert-OH is 4. The fourth-order valence-electron chi connectivity index (χ4n) is 4.13. The molecule has 0 bridgehead atoms. The minimum absolute atomic E-state index is 0. The number of likely N-dealkylation sites (N-methyl/N-ethyl adjacent to an activating group) is 1. The van der Waals surface area contributed by atoms with Crippen LogP contribution in [-0.4, -0.2) is 99.1 Å². The lowest BCUT2D eigenvalue weighted by Gasteiger charge is -2.44. The van der Waals surface area contributed by atoms with Crippen molar-refractivity contribution in [1.29, 1.82) is 0 Å². The molecule has 0 aromatic carbocycles. The molecule has 0 aromatic rings. The number of nitrogens with zero attached hydrogens (tertiary/aromatic N) is 1. The van der Waals surface area contributed by atoms with Crippen LogP contribution in [0.1, 0.15) is 33.1 Å². The number of hydrogen-bond donors (Lipinski definition) is 5. The molecule has 0 aromatic heterocycles. The van der Waals surface area contributed by atoms with Gasteiger partial charge in [0.2, 0.25) is 5.91 Å². The molecular formula is C18H35ClN2O6S. The Morgan fingerprint density at radius 3 is 2.46 bits per heavy atom. The third kappa shape index (κ3) is 5.72. The van der Waals surface area contributed by atoms with E-state index in [1.54, 1.807) is 6.26 Å². The van der Waals surface area contributed by atoms with Gasteiger partial charge in [-0.15, -0.1) is 24.2 Å². The van der Waals surface area contributed by atoms with Crippen LogP contribution >= 0.6 is 24.2 Å². The molecule has 5 N–H and O–H groups in total. The van der Waals surface area contributed by atoms with Gasteiger partial charge >= 0.3 is 0 Å². The van der Waals surface area contributed by atoms with E-state index in [1.165, 1.54) is 18.7 Å². The second-order valence-corrected chi connectivity index (χ2v) is 8.73. The first-order valence-electron chi connectivity index (χ1n) is 9.62. The number of thioether (sulfide) groups is 1. The molecule has 2 aliphatic heterocycles. The molecule has 2 unspecified atom stereocenters. The van der Waals surface area contributed by atoms with Gasteiger partial charge in [-0.1, -0.05) is 13.3 Å². The molecule has 2 heterocycles. The Hall–Kier alpha value is -0.130. The average molecular weight is 443 g/mol. The lowest BCUT2D eigenvalue weighted by Crippen LogP contribution is -2.65. The lowest BCUT2D eigenvalue weighted by molar-refractivity contribution is -0.211. The molecule has 2 saturated heterocycles. The van der Waals surface area contributed by atoms with Crippen LogP contribution in [0.5, 0.6) is 0 Å². The maximum Gasteiger partial charge on any atom is 0.237 e. The molecule has 0 spiro atoms. The van der Waals surface area contributed by atoms with E-state index in [4.69, 9.17) is 4.74 Å².